The number of hydrogen-bond donors (Lipinski definition) is 0. The number of aromatic nitrogens is 1. The quantitative estimate of drug-likeness (QED) is 0.722. The van der Waals surface area contributed by atoms with Gasteiger partial charge in [0, 0.05) is 17.6 Å². The molecule has 0 spiro atoms. The first-order valence-corrected chi connectivity index (χ1v) is 7.19. The molecule has 0 saturated heterocycles. The zero-order chi connectivity index (χ0) is 14.4. The van der Waals surface area contributed by atoms with Crippen molar-refractivity contribution < 1.29 is 9.47 Å². The maximum atomic E-state index is 5.84. The highest BCUT2D eigenvalue weighted by molar-refractivity contribution is 6.17. The van der Waals surface area contributed by atoms with Gasteiger partial charge in [0.15, 0.2) is 0 Å². The largest absolute Gasteiger partial charge is 0.494 e. The van der Waals surface area contributed by atoms with E-state index in [-0.39, 0.29) is 0 Å². The Morgan fingerprint density at radius 2 is 1.80 bits per heavy atom. The van der Waals surface area contributed by atoms with Crippen LogP contribution in [0.15, 0.2) is 36.4 Å². The van der Waals surface area contributed by atoms with Crippen LogP contribution in [0.4, 0.5) is 0 Å². The van der Waals surface area contributed by atoms with Gasteiger partial charge in [-0.2, -0.15) is 0 Å². The van der Waals surface area contributed by atoms with Gasteiger partial charge in [-0.25, -0.2) is 4.98 Å². The molecule has 0 fully saturated rings. The number of ether oxygens (including phenoxy) is 2. The van der Waals surface area contributed by atoms with E-state index in [1.165, 1.54) is 0 Å². The van der Waals surface area contributed by atoms with Crippen molar-refractivity contribution in [3.05, 3.63) is 47.7 Å². The Bertz CT molecular complexity index is 555. The summed E-state index contributed by atoms with van der Waals surface area (Å²) < 4.78 is 11.3. The highest BCUT2D eigenvalue weighted by Crippen LogP contribution is 2.24. The van der Waals surface area contributed by atoms with Crippen molar-refractivity contribution in [3.63, 3.8) is 0 Å². The average molecular weight is 292 g/mol. The first-order chi connectivity index (χ1) is 9.71. The van der Waals surface area contributed by atoms with Gasteiger partial charge >= 0.3 is 0 Å². The third-order valence-electron chi connectivity index (χ3n) is 2.66. The lowest BCUT2D eigenvalue weighted by atomic mass is 10.2. The van der Waals surface area contributed by atoms with Crippen LogP contribution >= 0.6 is 11.6 Å². The standard InChI is InChI=1S/C16H18ClNO2/c1-3-8-19-14-4-6-15(7-5-14)20-16-10-13(11-17)9-12(2)18-16/h4-7,9-10H,3,8,11H2,1-2H3. The molecule has 0 saturated carbocycles. The van der Waals surface area contributed by atoms with E-state index in [4.69, 9.17) is 21.1 Å². The van der Waals surface area contributed by atoms with Gasteiger partial charge in [0.2, 0.25) is 5.88 Å². The third kappa shape index (κ3) is 4.14. The fourth-order valence-electron chi connectivity index (χ4n) is 1.78. The molecule has 0 atom stereocenters. The van der Waals surface area contributed by atoms with E-state index in [2.05, 4.69) is 11.9 Å². The smallest absolute Gasteiger partial charge is 0.219 e. The highest BCUT2D eigenvalue weighted by Gasteiger charge is 2.03. The molecule has 1 heterocycles. The molecule has 3 nitrogen and oxygen atoms in total. The molecule has 2 rings (SSSR count). The lowest BCUT2D eigenvalue weighted by Gasteiger charge is -2.08. The second-order valence-electron chi connectivity index (χ2n) is 4.51. The van der Waals surface area contributed by atoms with E-state index in [0.717, 1.165) is 35.8 Å². The molecule has 0 aliphatic rings. The lowest BCUT2D eigenvalue weighted by molar-refractivity contribution is 0.317. The molecule has 0 aliphatic heterocycles. The number of hydrogen-bond acceptors (Lipinski definition) is 3. The van der Waals surface area contributed by atoms with Crippen LogP contribution in [0.25, 0.3) is 0 Å². The van der Waals surface area contributed by atoms with Crippen molar-refractivity contribution in [2.45, 2.75) is 26.1 Å². The molecule has 4 heteroatoms. The summed E-state index contributed by atoms with van der Waals surface area (Å²) >= 11 is 5.84. The lowest BCUT2D eigenvalue weighted by Crippen LogP contribution is -1.95. The molecule has 2 aromatic rings. The Labute approximate surface area is 124 Å². The van der Waals surface area contributed by atoms with Crippen LogP contribution in [0.1, 0.15) is 24.6 Å². The summed E-state index contributed by atoms with van der Waals surface area (Å²) in [6.45, 7) is 4.72. The van der Waals surface area contributed by atoms with Gasteiger partial charge in [-0.05, 0) is 49.2 Å². The van der Waals surface area contributed by atoms with E-state index in [1.807, 2.05) is 43.3 Å². The zero-order valence-electron chi connectivity index (χ0n) is 11.7. The molecule has 1 aromatic carbocycles. The Morgan fingerprint density at radius 3 is 2.45 bits per heavy atom. The zero-order valence-corrected chi connectivity index (χ0v) is 12.5. The predicted molar refractivity (Wildman–Crippen MR) is 80.8 cm³/mol. The number of alkyl halides is 1. The first kappa shape index (κ1) is 14.7. The molecule has 0 bridgehead atoms. The molecular formula is C16H18ClNO2. The third-order valence-corrected chi connectivity index (χ3v) is 2.97. The molecule has 0 radical (unpaired) electrons. The van der Waals surface area contributed by atoms with E-state index in [0.29, 0.717) is 11.8 Å². The Hall–Kier alpha value is -1.74. The van der Waals surface area contributed by atoms with Crippen molar-refractivity contribution in [1.82, 2.24) is 4.98 Å². The molecule has 0 aliphatic carbocycles. The van der Waals surface area contributed by atoms with Gasteiger partial charge in [0.05, 0.1) is 6.61 Å². The van der Waals surface area contributed by atoms with Gasteiger partial charge < -0.3 is 9.47 Å². The molecular weight excluding hydrogens is 274 g/mol. The highest BCUT2D eigenvalue weighted by atomic mass is 35.5. The topological polar surface area (TPSA) is 31.4 Å². The SMILES string of the molecule is CCCOc1ccc(Oc2cc(CCl)cc(C)n2)cc1. The summed E-state index contributed by atoms with van der Waals surface area (Å²) in [5.74, 6) is 2.58. The van der Waals surface area contributed by atoms with Gasteiger partial charge in [-0.15, -0.1) is 11.6 Å². The van der Waals surface area contributed by atoms with Crippen molar-refractivity contribution >= 4 is 11.6 Å². The Morgan fingerprint density at radius 1 is 1.10 bits per heavy atom. The summed E-state index contributed by atoms with van der Waals surface area (Å²) in [6.07, 6.45) is 0.993. The van der Waals surface area contributed by atoms with Crippen molar-refractivity contribution in [2.75, 3.05) is 6.61 Å². The monoisotopic (exact) mass is 291 g/mol. The van der Waals surface area contributed by atoms with E-state index >= 15 is 0 Å². The summed E-state index contributed by atoms with van der Waals surface area (Å²) in [5, 5.41) is 0. The van der Waals surface area contributed by atoms with Gasteiger partial charge in [0.25, 0.3) is 0 Å². The van der Waals surface area contributed by atoms with Crippen LogP contribution in [-0.2, 0) is 5.88 Å². The Kier molecular flexibility index (Phi) is 5.24. The summed E-state index contributed by atoms with van der Waals surface area (Å²) in [6, 6.07) is 11.3. The maximum Gasteiger partial charge on any atom is 0.219 e. The molecule has 0 N–H and O–H groups in total. The number of benzene rings is 1. The molecule has 0 unspecified atom stereocenters. The van der Waals surface area contributed by atoms with E-state index in [1.54, 1.807) is 0 Å². The van der Waals surface area contributed by atoms with E-state index < -0.39 is 0 Å². The summed E-state index contributed by atoms with van der Waals surface area (Å²) in [4.78, 5) is 4.34. The van der Waals surface area contributed by atoms with Gasteiger partial charge in [0.1, 0.15) is 11.5 Å². The second-order valence-corrected chi connectivity index (χ2v) is 4.78. The van der Waals surface area contributed by atoms with Crippen LogP contribution in [0.5, 0.6) is 17.4 Å². The number of pyridine rings is 1. The molecule has 1 aromatic heterocycles. The van der Waals surface area contributed by atoms with E-state index in [9.17, 15) is 0 Å². The van der Waals surface area contributed by atoms with Crippen LogP contribution < -0.4 is 9.47 Å². The summed E-state index contributed by atoms with van der Waals surface area (Å²) in [5.41, 5.74) is 1.89. The van der Waals surface area contributed by atoms with Gasteiger partial charge in [-0.1, -0.05) is 6.92 Å². The van der Waals surface area contributed by atoms with Crippen LogP contribution in [0, 0.1) is 6.92 Å². The van der Waals surface area contributed by atoms with Crippen LogP contribution in [0.2, 0.25) is 0 Å². The minimum absolute atomic E-state index is 0.448. The fourth-order valence-corrected chi connectivity index (χ4v) is 1.94. The molecule has 0 amide bonds. The first-order valence-electron chi connectivity index (χ1n) is 6.65. The van der Waals surface area contributed by atoms with Gasteiger partial charge in [-0.3, -0.25) is 0 Å². The maximum absolute atomic E-state index is 5.84. The van der Waals surface area contributed by atoms with Crippen LogP contribution in [-0.4, -0.2) is 11.6 Å². The number of aryl methyl sites for hydroxylation is 1. The van der Waals surface area contributed by atoms with Crippen LogP contribution in [0.3, 0.4) is 0 Å². The second kappa shape index (κ2) is 7.15. The van der Waals surface area contributed by atoms with Crippen molar-refractivity contribution in [3.8, 4) is 17.4 Å². The Balaban J connectivity index is 2.07. The number of halogens is 1. The molecule has 20 heavy (non-hydrogen) atoms. The minimum atomic E-state index is 0.448. The predicted octanol–water partition coefficient (Wildman–Crippen LogP) is 4.71. The molecule has 106 valence electrons. The number of rotatable bonds is 6. The average Bonchev–Trinajstić information content (AvgIpc) is 2.46. The minimum Gasteiger partial charge on any atom is -0.494 e. The number of nitrogens with zero attached hydrogens (tertiary/aromatic N) is 1. The normalized spacial score (nSPS) is 10.3. The summed E-state index contributed by atoms with van der Waals surface area (Å²) in [7, 11) is 0. The fraction of sp³-hybridized carbons (Fsp3) is 0.312. The van der Waals surface area contributed by atoms with Crippen molar-refractivity contribution in [1.29, 1.82) is 0 Å². The van der Waals surface area contributed by atoms with Crippen molar-refractivity contribution in [2.24, 2.45) is 0 Å².